The molecule has 1 aliphatic rings. The summed E-state index contributed by atoms with van der Waals surface area (Å²) in [5, 5.41) is 10.8. The van der Waals surface area contributed by atoms with Gasteiger partial charge in [0.05, 0.1) is 5.60 Å². The molecule has 76 valence electrons. The normalized spacial score (nSPS) is 19.1. The smallest absolute Gasteiger partial charge is 0.0911 e. The van der Waals surface area contributed by atoms with Crippen molar-refractivity contribution in [2.24, 2.45) is 0 Å². The summed E-state index contributed by atoms with van der Waals surface area (Å²) >= 11 is 9.53. The molecule has 0 spiro atoms. The van der Waals surface area contributed by atoms with Gasteiger partial charge in [0, 0.05) is 15.1 Å². The first-order valence-electron chi connectivity index (χ1n) is 4.71. The van der Waals surface area contributed by atoms with E-state index in [1.807, 2.05) is 19.1 Å². The van der Waals surface area contributed by atoms with Gasteiger partial charge in [-0.05, 0) is 37.8 Å². The number of halogens is 2. The minimum absolute atomic E-state index is 0.657. The molecule has 0 heterocycles. The highest BCUT2D eigenvalue weighted by molar-refractivity contribution is 9.10. The largest absolute Gasteiger partial charge is 0.385 e. The van der Waals surface area contributed by atoms with Gasteiger partial charge in [0.1, 0.15) is 0 Å². The second-order valence-electron chi connectivity index (χ2n) is 3.97. The van der Waals surface area contributed by atoms with Crippen LogP contribution < -0.4 is 0 Å². The summed E-state index contributed by atoms with van der Waals surface area (Å²) in [5.41, 5.74) is 1.33. The Hall–Kier alpha value is -0.0500. The van der Waals surface area contributed by atoms with E-state index in [1.165, 1.54) is 0 Å². The summed E-state index contributed by atoms with van der Waals surface area (Å²) in [6.07, 6.45) is 2.74. The Balaban J connectivity index is 2.48. The van der Waals surface area contributed by atoms with Crippen LogP contribution in [0.25, 0.3) is 0 Å². The zero-order valence-corrected chi connectivity index (χ0v) is 10.3. The van der Waals surface area contributed by atoms with E-state index in [2.05, 4.69) is 15.9 Å². The monoisotopic (exact) mass is 274 g/mol. The highest BCUT2D eigenvalue weighted by atomic mass is 79.9. The number of aliphatic hydroxyl groups is 1. The second-order valence-corrected chi connectivity index (χ2v) is 5.23. The summed E-state index contributed by atoms with van der Waals surface area (Å²) in [5.74, 6) is 0. The molecule has 14 heavy (non-hydrogen) atoms. The molecular formula is C11H12BrClO. The maximum atomic E-state index is 10.2. The molecule has 1 saturated carbocycles. The average Bonchev–Trinajstić information content (AvgIpc) is 2.07. The Morgan fingerprint density at radius 1 is 1.43 bits per heavy atom. The molecule has 0 radical (unpaired) electrons. The number of rotatable bonds is 1. The predicted octanol–water partition coefficient (Wildman–Crippen LogP) is 3.78. The van der Waals surface area contributed by atoms with Gasteiger partial charge in [0.15, 0.2) is 0 Å². The quantitative estimate of drug-likeness (QED) is 0.827. The molecule has 0 atom stereocenters. The molecule has 0 bridgehead atoms. The molecule has 1 fully saturated rings. The number of hydrogen-bond donors (Lipinski definition) is 1. The first kappa shape index (κ1) is 10.5. The van der Waals surface area contributed by atoms with Crippen LogP contribution in [0.4, 0.5) is 0 Å². The SMILES string of the molecule is Cc1cc(C2(O)CCC2)c(Cl)cc1Br. The molecule has 0 aliphatic heterocycles. The third-order valence-electron chi connectivity index (χ3n) is 2.93. The molecule has 0 amide bonds. The maximum absolute atomic E-state index is 10.2. The fourth-order valence-electron chi connectivity index (χ4n) is 1.79. The molecular weight excluding hydrogens is 263 g/mol. The van der Waals surface area contributed by atoms with Gasteiger partial charge >= 0.3 is 0 Å². The lowest BCUT2D eigenvalue weighted by atomic mass is 9.75. The van der Waals surface area contributed by atoms with Crippen LogP contribution in [0, 0.1) is 6.92 Å². The maximum Gasteiger partial charge on any atom is 0.0911 e. The number of benzene rings is 1. The molecule has 1 nitrogen and oxygen atoms in total. The van der Waals surface area contributed by atoms with Crippen LogP contribution in [-0.2, 0) is 5.60 Å². The molecule has 2 rings (SSSR count). The van der Waals surface area contributed by atoms with Crippen LogP contribution in [0.15, 0.2) is 16.6 Å². The van der Waals surface area contributed by atoms with Crippen LogP contribution in [0.1, 0.15) is 30.4 Å². The van der Waals surface area contributed by atoms with Gasteiger partial charge < -0.3 is 5.11 Å². The minimum atomic E-state index is -0.664. The lowest BCUT2D eigenvalue weighted by Gasteiger charge is -2.37. The van der Waals surface area contributed by atoms with Crippen molar-refractivity contribution < 1.29 is 5.11 Å². The number of hydrogen-bond acceptors (Lipinski definition) is 1. The Bertz CT molecular complexity index is 372. The molecule has 0 aromatic heterocycles. The Morgan fingerprint density at radius 2 is 2.07 bits per heavy atom. The van der Waals surface area contributed by atoms with Crippen LogP contribution in [-0.4, -0.2) is 5.11 Å². The second kappa shape index (κ2) is 3.51. The van der Waals surface area contributed by atoms with Crippen molar-refractivity contribution in [3.63, 3.8) is 0 Å². The first-order valence-corrected chi connectivity index (χ1v) is 5.88. The van der Waals surface area contributed by atoms with Crippen molar-refractivity contribution in [3.05, 3.63) is 32.8 Å². The lowest BCUT2D eigenvalue weighted by Crippen LogP contribution is -2.34. The Kier molecular flexibility index (Phi) is 2.63. The van der Waals surface area contributed by atoms with Crippen LogP contribution in [0.5, 0.6) is 0 Å². The van der Waals surface area contributed by atoms with Crippen LogP contribution in [0.3, 0.4) is 0 Å². The van der Waals surface area contributed by atoms with E-state index >= 15 is 0 Å². The summed E-state index contributed by atoms with van der Waals surface area (Å²) < 4.78 is 0.995. The fourth-order valence-corrected chi connectivity index (χ4v) is 2.61. The third-order valence-corrected chi connectivity index (χ3v) is 4.10. The van der Waals surface area contributed by atoms with E-state index in [4.69, 9.17) is 11.6 Å². The van der Waals surface area contributed by atoms with E-state index in [1.54, 1.807) is 0 Å². The number of aryl methyl sites for hydroxylation is 1. The molecule has 1 aliphatic carbocycles. The standard InChI is InChI=1S/C11H12BrClO/c1-7-5-8(10(13)6-9(7)12)11(14)3-2-4-11/h5-6,14H,2-4H2,1H3. The van der Waals surface area contributed by atoms with Crippen LogP contribution in [0.2, 0.25) is 5.02 Å². The van der Waals surface area contributed by atoms with Crippen LogP contribution >= 0.6 is 27.5 Å². The van der Waals surface area contributed by atoms with Crippen molar-refractivity contribution in [1.82, 2.24) is 0 Å². The highest BCUT2D eigenvalue weighted by Gasteiger charge is 2.37. The summed E-state index contributed by atoms with van der Waals surface area (Å²) in [7, 11) is 0. The Morgan fingerprint density at radius 3 is 2.57 bits per heavy atom. The molecule has 0 saturated heterocycles. The van der Waals surface area contributed by atoms with Crippen molar-refractivity contribution in [2.45, 2.75) is 31.8 Å². The first-order chi connectivity index (χ1) is 6.53. The van der Waals surface area contributed by atoms with E-state index < -0.39 is 5.60 Å². The van der Waals surface area contributed by atoms with Crippen molar-refractivity contribution in [2.75, 3.05) is 0 Å². The fraction of sp³-hybridized carbons (Fsp3) is 0.455. The van der Waals surface area contributed by atoms with E-state index in [0.717, 1.165) is 34.9 Å². The molecule has 1 N–H and O–H groups in total. The third kappa shape index (κ3) is 1.60. The van der Waals surface area contributed by atoms with Gasteiger partial charge in [-0.2, -0.15) is 0 Å². The van der Waals surface area contributed by atoms with Crippen molar-refractivity contribution in [3.8, 4) is 0 Å². The summed E-state index contributed by atoms with van der Waals surface area (Å²) in [6, 6.07) is 3.84. The van der Waals surface area contributed by atoms with E-state index in [9.17, 15) is 5.11 Å². The van der Waals surface area contributed by atoms with Gasteiger partial charge in [-0.15, -0.1) is 0 Å². The van der Waals surface area contributed by atoms with Gasteiger partial charge in [0.25, 0.3) is 0 Å². The molecule has 1 aromatic rings. The average molecular weight is 276 g/mol. The van der Waals surface area contributed by atoms with Crippen molar-refractivity contribution >= 4 is 27.5 Å². The molecule has 0 unspecified atom stereocenters. The van der Waals surface area contributed by atoms with Gasteiger partial charge in [0.2, 0.25) is 0 Å². The molecule has 1 aromatic carbocycles. The van der Waals surface area contributed by atoms with E-state index in [0.29, 0.717) is 5.02 Å². The van der Waals surface area contributed by atoms with Gasteiger partial charge in [-0.1, -0.05) is 33.6 Å². The van der Waals surface area contributed by atoms with E-state index in [-0.39, 0.29) is 0 Å². The zero-order valence-electron chi connectivity index (χ0n) is 7.98. The lowest BCUT2D eigenvalue weighted by molar-refractivity contribution is -0.0387. The topological polar surface area (TPSA) is 20.2 Å². The highest BCUT2D eigenvalue weighted by Crippen LogP contribution is 2.44. The molecule has 3 heteroatoms. The summed E-state index contributed by atoms with van der Waals surface area (Å²) in [4.78, 5) is 0. The summed E-state index contributed by atoms with van der Waals surface area (Å²) in [6.45, 7) is 2.01. The Labute approximate surface area is 97.2 Å². The zero-order chi connectivity index (χ0) is 10.3. The van der Waals surface area contributed by atoms with Gasteiger partial charge in [-0.25, -0.2) is 0 Å². The van der Waals surface area contributed by atoms with Gasteiger partial charge in [-0.3, -0.25) is 0 Å². The predicted molar refractivity (Wildman–Crippen MR) is 61.6 cm³/mol. The minimum Gasteiger partial charge on any atom is -0.385 e. The van der Waals surface area contributed by atoms with Crippen molar-refractivity contribution in [1.29, 1.82) is 0 Å².